The van der Waals surface area contributed by atoms with Crippen molar-refractivity contribution in [1.29, 1.82) is 0 Å². The molecule has 1 saturated heterocycles. The van der Waals surface area contributed by atoms with Gasteiger partial charge in [0, 0.05) is 31.4 Å². The van der Waals surface area contributed by atoms with E-state index in [-0.39, 0.29) is 5.75 Å². The Balaban J connectivity index is 2.50. The number of hydrogen-bond acceptors (Lipinski definition) is 4. The van der Waals surface area contributed by atoms with Crippen molar-refractivity contribution < 1.29 is 8.42 Å². The molecule has 0 saturated carbocycles. The molecule has 0 aromatic rings. The third-order valence-electron chi connectivity index (χ3n) is 2.94. The van der Waals surface area contributed by atoms with Gasteiger partial charge in [0.25, 0.3) is 0 Å². The molecular formula is C10H22N2O2S. The minimum atomic E-state index is -2.84. The molecule has 5 heteroatoms. The minimum absolute atomic E-state index is 0.268. The highest BCUT2D eigenvalue weighted by atomic mass is 32.2. The van der Waals surface area contributed by atoms with Crippen LogP contribution in [-0.4, -0.2) is 57.0 Å². The molecule has 0 aromatic carbocycles. The maximum Gasteiger partial charge on any atom is 0.148 e. The smallest absolute Gasteiger partial charge is 0.148 e. The average Bonchev–Trinajstić information content (AvgIpc) is 2.24. The van der Waals surface area contributed by atoms with E-state index in [0.29, 0.717) is 18.6 Å². The molecule has 0 amide bonds. The van der Waals surface area contributed by atoms with E-state index in [1.807, 2.05) is 0 Å². The van der Waals surface area contributed by atoms with Gasteiger partial charge in [-0.2, -0.15) is 0 Å². The van der Waals surface area contributed by atoms with Crippen LogP contribution in [0.15, 0.2) is 0 Å². The Morgan fingerprint density at radius 1 is 1.40 bits per heavy atom. The van der Waals surface area contributed by atoms with Crippen molar-refractivity contribution in [3.63, 3.8) is 0 Å². The van der Waals surface area contributed by atoms with E-state index in [2.05, 4.69) is 24.1 Å². The molecule has 1 N–H and O–H groups in total. The minimum Gasteiger partial charge on any atom is -0.313 e. The summed E-state index contributed by atoms with van der Waals surface area (Å²) in [6, 6.07) is 0.929. The SMILES string of the molecule is CC1CN(CCS(C)(=O)=O)C(C)CCN1. The van der Waals surface area contributed by atoms with Crippen LogP contribution >= 0.6 is 0 Å². The van der Waals surface area contributed by atoms with Gasteiger partial charge in [0.2, 0.25) is 0 Å². The highest BCUT2D eigenvalue weighted by molar-refractivity contribution is 7.90. The van der Waals surface area contributed by atoms with Crippen LogP contribution in [0.3, 0.4) is 0 Å². The second-order valence-electron chi connectivity index (χ2n) is 4.62. The van der Waals surface area contributed by atoms with Crippen LogP contribution in [0.4, 0.5) is 0 Å². The summed E-state index contributed by atoms with van der Waals surface area (Å²) in [5.74, 6) is 0.268. The second-order valence-corrected chi connectivity index (χ2v) is 6.88. The van der Waals surface area contributed by atoms with E-state index in [1.54, 1.807) is 0 Å². The van der Waals surface area contributed by atoms with Crippen LogP contribution in [0, 0.1) is 0 Å². The Morgan fingerprint density at radius 2 is 2.07 bits per heavy atom. The summed E-state index contributed by atoms with van der Waals surface area (Å²) in [5.41, 5.74) is 0. The standard InChI is InChI=1S/C10H22N2O2S/c1-9-8-12(6-7-15(3,13)14)10(2)4-5-11-9/h9-11H,4-8H2,1-3H3. The van der Waals surface area contributed by atoms with E-state index in [9.17, 15) is 8.42 Å². The Kier molecular flexibility index (Phi) is 4.55. The predicted octanol–water partition coefficient (Wildman–Crippen LogP) is 0.103. The van der Waals surface area contributed by atoms with Crippen molar-refractivity contribution in [2.45, 2.75) is 32.4 Å². The molecule has 1 rings (SSSR count). The molecule has 0 bridgehead atoms. The van der Waals surface area contributed by atoms with E-state index in [1.165, 1.54) is 6.26 Å². The van der Waals surface area contributed by atoms with E-state index in [0.717, 1.165) is 19.5 Å². The predicted molar refractivity (Wildman–Crippen MR) is 62.8 cm³/mol. The number of sulfone groups is 1. The normalized spacial score (nSPS) is 30.1. The fraction of sp³-hybridized carbons (Fsp3) is 1.00. The molecule has 15 heavy (non-hydrogen) atoms. The lowest BCUT2D eigenvalue weighted by molar-refractivity contribution is 0.220. The highest BCUT2D eigenvalue weighted by Gasteiger charge is 2.20. The fourth-order valence-electron chi connectivity index (χ4n) is 1.91. The molecule has 0 aromatic heterocycles. The molecule has 4 nitrogen and oxygen atoms in total. The van der Waals surface area contributed by atoms with Crippen LogP contribution in [0.25, 0.3) is 0 Å². The summed E-state index contributed by atoms with van der Waals surface area (Å²) in [6.07, 6.45) is 2.39. The quantitative estimate of drug-likeness (QED) is 0.752. The first-order valence-corrected chi connectivity index (χ1v) is 7.59. The number of nitrogens with zero attached hydrogens (tertiary/aromatic N) is 1. The van der Waals surface area contributed by atoms with Gasteiger partial charge < -0.3 is 5.32 Å². The topological polar surface area (TPSA) is 49.4 Å². The van der Waals surface area contributed by atoms with Gasteiger partial charge in [0.1, 0.15) is 9.84 Å². The fourth-order valence-corrected chi connectivity index (χ4v) is 2.48. The molecule has 1 heterocycles. The number of hydrogen-bond donors (Lipinski definition) is 1. The zero-order valence-corrected chi connectivity index (χ0v) is 10.7. The van der Waals surface area contributed by atoms with Gasteiger partial charge in [-0.05, 0) is 26.8 Å². The van der Waals surface area contributed by atoms with Gasteiger partial charge >= 0.3 is 0 Å². The van der Waals surface area contributed by atoms with Crippen molar-refractivity contribution in [3.8, 4) is 0 Å². The third kappa shape index (κ3) is 4.95. The molecule has 1 fully saturated rings. The first-order valence-electron chi connectivity index (χ1n) is 5.53. The molecule has 2 unspecified atom stereocenters. The maximum absolute atomic E-state index is 11.1. The third-order valence-corrected chi connectivity index (χ3v) is 3.86. The number of nitrogens with one attached hydrogen (secondary N) is 1. The summed E-state index contributed by atoms with van der Waals surface area (Å²) in [5, 5.41) is 3.41. The Morgan fingerprint density at radius 3 is 2.67 bits per heavy atom. The van der Waals surface area contributed by atoms with Crippen LogP contribution in [0.5, 0.6) is 0 Å². The van der Waals surface area contributed by atoms with Crippen molar-refractivity contribution in [1.82, 2.24) is 10.2 Å². The van der Waals surface area contributed by atoms with Crippen molar-refractivity contribution in [3.05, 3.63) is 0 Å². The molecular weight excluding hydrogens is 212 g/mol. The van der Waals surface area contributed by atoms with Gasteiger partial charge in [0.15, 0.2) is 0 Å². The van der Waals surface area contributed by atoms with Crippen molar-refractivity contribution in [2.24, 2.45) is 0 Å². The summed E-state index contributed by atoms with van der Waals surface area (Å²) < 4.78 is 22.2. The van der Waals surface area contributed by atoms with Crippen LogP contribution in [0.2, 0.25) is 0 Å². The van der Waals surface area contributed by atoms with Gasteiger partial charge in [-0.3, -0.25) is 4.90 Å². The summed E-state index contributed by atoms with van der Waals surface area (Å²) >= 11 is 0. The summed E-state index contributed by atoms with van der Waals surface area (Å²) in [6.45, 7) is 6.94. The lowest BCUT2D eigenvalue weighted by Crippen LogP contribution is -2.40. The van der Waals surface area contributed by atoms with Crippen LogP contribution in [-0.2, 0) is 9.84 Å². The molecule has 1 aliphatic rings. The first kappa shape index (κ1) is 12.9. The van der Waals surface area contributed by atoms with E-state index in [4.69, 9.17) is 0 Å². The van der Waals surface area contributed by atoms with Crippen molar-refractivity contribution in [2.75, 3.05) is 31.6 Å². The summed E-state index contributed by atoms with van der Waals surface area (Å²) in [4.78, 5) is 2.27. The molecule has 0 radical (unpaired) electrons. The van der Waals surface area contributed by atoms with Crippen LogP contribution in [0.1, 0.15) is 20.3 Å². The molecule has 0 spiro atoms. The monoisotopic (exact) mass is 234 g/mol. The zero-order chi connectivity index (χ0) is 11.5. The Labute approximate surface area is 93.0 Å². The largest absolute Gasteiger partial charge is 0.313 e. The molecule has 1 aliphatic heterocycles. The van der Waals surface area contributed by atoms with Crippen LogP contribution < -0.4 is 5.32 Å². The van der Waals surface area contributed by atoms with Gasteiger partial charge in [-0.15, -0.1) is 0 Å². The lowest BCUT2D eigenvalue weighted by atomic mass is 10.2. The van der Waals surface area contributed by atoms with E-state index >= 15 is 0 Å². The summed E-state index contributed by atoms with van der Waals surface area (Å²) in [7, 11) is -2.84. The number of rotatable bonds is 3. The van der Waals surface area contributed by atoms with Gasteiger partial charge in [0.05, 0.1) is 5.75 Å². The Bertz CT molecular complexity index is 290. The second kappa shape index (κ2) is 5.27. The molecule has 2 atom stereocenters. The van der Waals surface area contributed by atoms with Crippen molar-refractivity contribution >= 4 is 9.84 Å². The Hall–Kier alpha value is -0.130. The first-order chi connectivity index (χ1) is 6.88. The lowest BCUT2D eigenvalue weighted by Gasteiger charge is -2.27. The van der Waals surface area contributed by atoms with E-state index < -0.39 is 9.84 Å². The molecule has 0 aliphatic carbocycles. The molecule has 90 valence electrons. The highest BCUT2D eigenvalue weighted by Crippen LogP contribution is 2.08. The zero-order valence-electron chi connectivity index (χ0n) is 9.86. The maximum atomic E-state index is 11.1. The van der Waals surface area contributed by atoms with Gasteiger partial charge in [-0.25, -0.2) is 8.42 Å². The van der Waals surface area contributed by atoms with Gasteiger partial charge in [-0.1, -0.05) is 0 Å². The average molecular weight is 234 g/mol.